The molecule has 0 amide bonds. The Morgan fingerprint density at radius 3 is 1.64 bits per heavy atom. The highest BCUT2D eigenvalue weighted by Gasteiger charge is 2.06. The van der Waals surface area contributed by atoms with Gasteiger partial charge < -0.3 is 0 Å². The fourth-order valence-electron chi connectivity index (χ4n) is 2.04. The molecule has 3 rings (SSSR count). The van der Waals surface area contributed by atoms with Crippen molar-refractivity contribution in [2.24, 2.45) is 0 Å². The van der Waals surface area contributed by atoms with E-state index in [0.717, 1.165) is 12.6 Å². The van der Waals surface area contributed by atoms with Crippen LogP contribution in [0.5, 0.6) is 0 Å². The first-order valence-corrected chi connectivity index (χ1v) is 6.60. The predicted octanol–water partition coefficient (Wildman–Crippen LogP) is 2.83. The van der Waals surface area contributed by atoms with Gasteiger partial charge in [-0.1, -0.05) is 6.07 Å². The van der Waals surface area contributed by atoms with Crippen molar-refractivity contribution in [2.75, 3.05) is 0 Å². The Hall–Kier alpha value is -3.21. The second-order valence-corrected chi connectivity index (χ2v) is 4.59. The molecule has 0 aromatic carbocycles. The molecule has 0 N–H and O–H groups in total. The third-order valence-electron chi connectivity index (χ3n) is 3.11. The molecule has 0 unspecified atom stereocenters. The Kier molecular flexibility index (Phi) is 3.78. The molecule has 22 heavy (non-hydrogen) atoms. The minimum absolute atomic E-state index is 0.540. The van der Waals surface area contributed by atoms with Gasteiger partial charge in [0, 0.05) is 23.5 Å². The van der Waals surface area contributed by atoms with Crippen molar-refractivity contribution >= 4 is 12.6 Å². The van der Waals surface area contributed by atoms with E-state index in [1.165, 1.54) is 0 Å². The molecule has 0 aliphatic carbocycles. The molecular formula is C17H11N3O2. The molecule has 0 saturated carbocycles. The first-order valence-electron chi connectivity index (χ1n) is 6.60. The van der Waals surface area contributed by atoms with Crippen LogP contribution in [0.25, 0.3) is 22.8 Å². The lowest BCUT2D eigenvalue weighted by atomic mass is 10.1. The van der Waals surface area contributed by atoms with Crippen molar-refractivity contribution in [1.29, 1.82) is 0 Å². The third-order valence-corrected chi connectivity index (χ3v) is 3.11. The minimum Gasteiger partial charge on any atom is -0.298 e. The summed E-state index contributed by atoms with van der Waals surface area (Å²) in [5.41, 5.74) is 3.58. The fourth-order valence-corrected chi connectivity index (χ4v) is 2.04. The zero-order valence-corrected chi connectivity index (χ0v) is 11.5. The van der Waals surface area contributed by atoms with Crippen molar-refractivity contribution in [2.45, 2.75) is 0 Å². The molecule has 0 radical (unpaired) electrons. The minimum atomic E-state index is 0.540. The second kappa shape index (κ2) is 6.05. The maximum Gasteiger partial charge on any atom is 0.150 e. The maximum absolute atomic E-state index is 10.9. The standard InChI is InChI=1S/C17H11N3O2/c21-10-12-4-6-18-16(8-12)14-2-1-3-15(20-14)17-9-13(11-22)5-7-19-17/h1-11H. The Labute approximate surface area is 126 Å². The number of rotatable bonds is 4. The van der Waals surface area contributed by atoms with Crippen molar-refractivity contribution in [3.63, 3.8) is 0 Å². The average molecular weight is 289 g/mol. The quantitative estimate of drug-likeness (QED) is 0.690. The molecule has 106 valence electrons. The topological polar surface area (TPSA) is 72.8 Å². The fraction of sp³-hybridized carbons (Fsp3) is 0. The zero-order valence-electron chi connectivity index (χ0n) is 11.5. The molecule has 5 nitrogen and oxygen atoms in total. The van der Waals surface area contributed by atoms with Crippen LogP contribution in [0.1, 0.15) is 20.7 Å². The van der Waals surface area contributed by atoms with E-state index in [9.17, 15) is 9.59 Å². The molecule has 0 atom stereocenters. The van der Waals surface area contributed by atoms with Gasteiger partial charge in [0.25, 0.3) is 0 Å². The summed E-state index contributed by atoms with van der Waals surface area (Å²) in [5.74, 6) is 0. The van der Waals surface area contributed by atoms with Crippen LogP contribution in [0.2, 0.25) is 0 Å². The predicted molar refractivity (Wildman–Crippen MR) is 81.5 cm³/mol. The van der Waals surface area contributed by atoms with Crippen molar-refractivity contribution in [3.05, 3.63) is 66.0 Å². The summed E-state index contributed by atoms with van der Waals surface area (Å²) in [7, 11) is 0. The summed E-state index contributed by atoms with van der Waals surface area (Å²) in [6.45, 7) is 0. The highest BCUT2D eigenvalue weighted by atomic mass is 16.1. The van der Waals surface area contributed by atoms with E-state index < -0.39 is 0 Å². The van der Waals surface area contributed by atoms with E-state index in [0.29, 0.717) is 33.9 Å². The Morgan fingerprint density at radius 2 is 1.18 bits per heavy atom. The summed E-state index contributed by atoms with van der Waals surface area (Å²) >= 11 is 0. The van der Waals surface area contributed by atoms with Gasteiger partial charge in [-0.3, -0.25) is 19.6 Å². The van der Waals surface area contributed by atoms with Gasteiger partial charge >= 0.3 is 0 Å². The van der Waals surface area contributed by atoms with E-state index >= 15 is 0 Å². The lowest BCUT2D eigenvalue weighted by Gasteiger charge is -2.04. The number of carbonyl (C=O) groups is 2. The smallest absolute Gasteiger partial charge is 0.150 e. The molecule has 0 saturated heterocycles. The summed E-state index contributed by atoms with van der Waals surface area (Å²) in [5, 5.41) is 0. The van der Waals surface area contributed by atoms with Gasteiger partial charge in [-0.2, -0.15) is 0 Å². The number of carbonyl (C=O) groups excluding carboxylic acids is 2. The van der Waals surface area contributed by atoms with Crippen LogP contribution >= 0.6 is 0 Å². The molecule has 0 fully saturated rings. The Bertz CT molecular complexity index is 780. The molecular weight excluding hydrogens is 278 g/mol. The Morgan fingerprint density at radius 1 is 0.682 bits per heavy atom. The molecule has 0 bridgehead atoms. The van der Waals surface area contributed by atoms with Crippen molar-refractivity contribution < 1.29 is 9.59 Å². The molecule has 3 aromatic rings. The van der Waals surface area contributed by atoms with Crippen molar-refractivity contribution in [1.82, 2.24) is 15.0 Å². The van der Waals surface area contributed by atoms with Gasteiger partial charge in [0.1, 0.15) is 12.6 Å². The number of hydrogen-bond donors (Lipinski definition) is 0. The first kappa shape index (κ1) is 13.8. The average Bonchev–Trinajstić information content (AvgIpc) is 2.62. The van der Waals surface area contributed by atoms with Crippen LogP contribution in [0.4, 0.5) is 0 Å². The largest absolute Gasteiger partial charge is 0.298 e. The summed E-state index contributed by atoms with van der Waals surface area (Å²) < 4.78 is 0. The van der Waals surface area contributed by atoms with Crippen LogP contribution in [-0.4, -0.2) is 27.5 Å². The highest BCUT2D eigenvalue weighted by molar-refractivity contribution is 5.78. The normalized spacial score (nSPS) is 10.2. The monoisotopic (exact) mass is 289 g/mol. The van der Waals surface area contributed by atoms with E-state index in [4.69, 9.17) is 0 Å². The number of aromatic nitrogens is 3. The number of pyridine rings is 3. The summed E-state index contributed by atoms with van der Waals surface area (Å²) in [6.07, 6.45) is 4.67. The lowest BCUT2D eigenvalue weighted by molar-refractivity contribution is 0.111. The zero-order chi connectivity index (χ0) is 15.4. The SMILES string of the molecule is O=Cc1ccnc(-c2cccc(-c3cc(C=O)ccn3)n2)c1. The third kappa shape index (κ3) is 2.78. The van der Waals surface area contributed by atoms with Gasteiger partial charge in [-0.05, 0) is 36.4 Å². The molecule has 3 aromatic heterocycles. The number of aldehydes is 2. The van der Waals surface area contributed by atoms with Gasteiger partial charge in [0.05, 0.1) is 22.8 Å². The highest BCUT2D eigenvalue weighted by Crippen LogP contribution is 2.20. The molecule has 5 heteroatoms. The first-order chi connectivity index (χ1) is 10.8. The molecule has 0 aliphatic heterocycles. The van der Waals surface area contributed by atoms with Crippen LogP contribution in [-0.2, 0) is 0 Å². The van der Waals surface area contributed by atoms with Gasteiger partial charge in [0.2, 0.25) is 0 Å². The van der Waals surface area contributed by atoms with Crippen LogP contribution in [0.3, 0.4) is 0 Å². The van der Waals surface area contributed by atoms with Gasteiger partial charge in [0.15, 0.2) is 0 Å². The van der Waals surface area contributed by atoms with E-state index in [-0.39, 0.29) is 0 Å². The second-order valence-electron chi connectivity index (χ2n) is 4.59. The maximum atomic E-state index is 10.9. The summed E-state index contributed by atoms with van der Waals surface area (Å²) in [6, 6.07) is 12.1. The Balaban J connectivity index is 2.05. The molecule has 3 heterocycles. The van der Waals surface area contributed by atoms with Crippen LogP contribution < -0.4 is 0 Å². The van der Waals surface area contributed by atoms with Gasteiger partial charge in [-0.15, -0.1) is 0 Å². The van der Waals surface area contributed by atoms with Gasteiger partial charge in [-0.25, -0.2) is 4.98 Å². The lowest BCUT2D eigenvalue weighted by Crippen LogP contribution is -1.93. The van der Waals surface area contributed by atoms with Crippen LogP contribution in [0, 0.1) is 0 Å². The number of hydrogen-bond acceptors (Lipinski definition) is 5. The number of nitrogens with zero attached hydrogens (tertiary/aromatic N) is 3. The van der Waals surface area contributed by atoms with Crippen molar-refractivity contribution in [3.8, 4) is 22.8 Å². The summed E-state index contributed by atoms with van der Waals surface area (Å²) in [4.78, 5) is 34.7. The van der Waals surface area contributed by atoms with E-state index in [2.05, 4.69) is 15.0 Å². The molecule has 0 aliphatic rings. The van der Waals surface area contributed by atoms with E-state index in [1.807, 2.05) is 18.2 Å². The van der Waals surface area contributed by atoms with Crippen LogP contribution in [0.15, 0.2) is 54.9 Å². The van der Waals surface area contributed by atoms with E-state index in [1.54, 1.807) is 36.7 Å². The molecule has 0 spiro atoms.